The summed E-state index contributed by atoms with van der Waals surface area (Å²) in [7, 11) is 0. The number of carboxylic acids is 1. The van der Waals surface area contributed by atoms with Crippen LogP contribution in [-0.2, 0) is 4.79 Å². The van der Waals surface area contributed by atoms with Gasteiger partial charge >= 0.3 is 5.97 Å². The normalized spacial score (nSPS) is 36.8. The largest absolute Gasteiger partial charge is 0.481 e. The number of likely N-dealkylation sites (tertiary alicyclic amines) is 1. The van der Waals surface area contributed by atoms with Crippen LogP contribution in [0.25, 0.3) is 0 Å². The monoisotopic (exact) mass is 267 g/mol. The lowest BCUT2D eigenvalue weighted by Gasteiger charge is -2.36. The topological polar surface area (TPSA) is 40.5 Å². The van der Waals surface area contributed by atoms with Gasteiger partial charge in [0.1, 0.15) is 0 Å². The van der Waals surface area contributed by atoms with Crippen LogP contribution in [0.5, 0.6) is 0 Å². The molecule has 2 fully saturated rings. The Hall–Kier alpha value is -0.570. The van der Waals surface area contributed by atoms with Gasteiger partial charge in [0, 0.05) is 12.6 Å². The molecular formula is C16H29NO2. The molecule has 1 saturated heterocycles. The number of hydrogen-bond donors (Lipinski definition) is 1. The summed E-state index contributed by atoms with van der Waals surface area (Å²) in [5.41, 5.74) is -0.501. The van der Waals surface area contributed by atoms with Gasteiger partial charge in [-0.3, -0.25) is 9.69 Å². The van der Waals surface area contributed by atoms with Gasteiger partial charge < -0.3 is 5.11 Å². The molecule has 3 unspecified atom stereocenters. The fourth-order valence-electron chi connectivity index (χ4n) is 4.03. The van der Waals surface area contributed by atoms with E-state index in [2.05, 4.69) is 25.7 Å². The molecule has 0 bridgehead atoms. The molecule has 0 aromatic rings. The highest BCUT2D eigenvalue weighted by molar-refractivity contribution is 5.75. The summed E-state index contributed by atoms with van der Waals surface area (Å²) in [5.74, 6) is 0.492. The molecule has 0 radical (unpaired) electrons. The average Bonchev–Trinajstić information content (AvgIpc) is 2.85. The van der Waals surface area contributed by atoms with Crippen molar-refractivity contribution in [3.8, 4) is 0 Å². The molecule has 0 aromatic carbocycles. The van der Waals surface area contributed by atoms with E-state index in [1.165, 1.54) is 32.1 Å². The lowest BCUT2D eigenvalue weighted by atomic mass is 9.76. The van der Waals surface area contributed by atoms with E-state index in [1.54, 1.807) is 0 Å². The van der Waals surface area contributed by atoms with Crippen LogP contribution in [0.1, 0.15) is 59.3 Å². The molecule has 19 heavy (non-hydrogen) atoms. The van der Waals surface area contributed by atoms with Crippen LogP contribution in [0.4, 0.5) is 0 Å². The highest BCUT2D eigenvalue weighted by atomic mass is 16.4. The van der Waals surface area contributed by atoms with Crippen LogP contribution < -0.4 is 0 Å². The Balaban J connectivity index is 2.02. The van der Waals surface area contributed by atoms with Crippen molar-refractivity contribution >= 4 is 5.97 Å². The Morgan fingerprint density at radius 1 is 1.42 bits per heavy atom. The third-order valence-electron chi connectivity index (χ3n) is 5.71. The van der Waals surface area contributed by atoms with Crippen LogP contribution in [-0.4, -0.2) is 35.1 Å². The van der Waals surface area contributed by atoms with Gasteiger partial charge in [0.15, 0.2) is 0 Å². The number of carboxylic acid groups (broad SMARTS) is 1. The summed E-state index contributed by atoms with van der Waals surface area (Å²) in [5, 5.41) is 9.62. The van der Waals surface area contributed by atoms with Gasteiger partial charge in [-0.25, -0.2) is 0 Å². The number of hydrogen-bond acceptors (Lipinski definition) is 2. The maximum Gasteiger partial charge on any atom is 0.311 e. The third kappa shape index (κ3) is 2.81. The quantitative estimate of drug-likeness (QED) is 0.849. The first-order valence-corrected chi connectivity index (χ1v) is 7.97. The fraction of sp³-hybridized carbons (Fsp3) is 0.938. The summed E-state index contributed by atoms with van der Waals surface area (Å²) >= 11 is 0. The van der Waals surface area contributed by atoms with Gasteiger partial charge in [0.05, 0.1) is 5.41 Å². The third-order valence-corrected chi connectivity index (χ3v) is 5.71. The molecule has 0 aromatic heterocycles. The molecule has 3 heteroatoms. The first-order valence-electron chi connectivity index (χ1n) is 7.97. The van der Waals surface area contributed by atoms with Gasteiger partial charge in [-0.15, -0.1) is 0 Å². The number of aliphatic carboxylic acids is 1. The van der Waals surface area contributed by atoms with Crippen molar-refractivity contribution in [2.75, 3.05) is 13.1 Å². The first kappa shape index (κ1) is 14.8. The minimum Gasteiger partial charge on any atom is -0.481 e. The van der Waals surface area contributed by atoms with Gasteiger partial charge in [0.2, 0.25) is 0 Å². The maximum absolute atomic E-state index is 11.7. The molecule has 1 heterocycles. The Kier molecular flexibility index (Phi) is 4.54. The second-order valence-corrected chi connectivity index (χ2v) is 6.93. The number of carbonyl (C=O) groups is 1. The van der Waals surface area contributed by atoms with E-state index >= 15 is 0 Å². The highest BCUT2D eigenvalue weighted by Crippen LogP contribution is 2.41. The second-order valence-electron chi connectivity index (χ2n) is 6.93. The van der Waals surface area contributed by atoms with Crippen LogP contribution in [0.15, 0.2) is 0 Å². The van der Waals surface area contributed by atoms with Crippen LogP contribution in [0.3, 0.4) is 0 Å². The first-order chi connectivity index (χ1) is 8.99. The SMILES string of the molecule is CCC1CCCC(N2CCC(C(=O)O)(C(C)C)C2)C1. The van der Waals surface area contributed by atoms with Crippen molar-refractivity contribution in [2.45, 2.75) is 65.3 Å². The average molecular weight is 267 g/mol. The molecule has 3 atom stereocenters. The Labute approximate surface area is 117 Å². The predicted octanol–water partition coefficient (Wildman–Crippen LogP) is 3.39. The van der Waals surface area contributed by atoms with Gasteiger partial charge in [-0.05, 0) is 37.6 Å². The minimum atomic E-state index is -0.590. The number of rotatable bonds is 4. The summed E-state index contributed by atoms with van der Waals surface area (Å²) in [6, 6.07) is 0.638. The summed E-state index contributed by atoms with van der Waals surface area (Å²) in [6.07, 6.45) is 7.34. The lowest BCUT2D eigenvalue weighted by molar-refractivity contribution is -0.151. The van der Waals surface area contributed by atoms with Gasteiger partial charge in [-0.1, -0.05) is 40.0 Å². The Morgan fingerprint density at radius 3 is 2.68 bits per heavy atom. The lowest BCUT2D eigenvalue weighted by Crippen LogP contribution is -2.43. The van der Waals surface area contributed by atoms with E-state index in [0.717, 1.165) is 25.4 Å². The van der Waals surface area contributed by atoms with Crippen LogP contribution in [0, 0.1) is 17.3 Å². The van der Waals surface area contributed by atoms with Crippen molar-refractivity contribution in [1.29, 1.82) is 0 Å². The van der Waals surface area contributed by atoms with E-state index < -0.39 is 11.4 Å². The molecule has 0 amide bonds. The molecule has 110 valence electrons. The number of nitrogens with zero attached hydrogens (tertiary/aromatic N) is 1. The molecule has 1 N–H and O–H groups in total. The van der Waals surface area contributed by atoms with Crippen LogP contribution in [0.2, 0.25) is 0 Å². The molecule has 1 saturated carbocycles. The Morgan fingerprint density at radius 2 is 2.16 bits per heavy atom. The van der Waals surface area contributed by atoms with Gasteiger partial charge in [-0.2, -0.15) is 0 Å². The zero-order valence-electron chi connectivity index (χ0n) is 12.7. The van der Waals surface area contributed by atoms with Crippen molar-refractivity contribution < 1.29 is 9.90 Å². The predicted molar refractivity (Wildman–Crippen MR) is 77.1 cm³/mol. The maximum atomic E-state index is 11.7. The zero-order valence-corrected chi connectivity index (χ0v) is 12.7. The van der Waals surface area contributed by atoms with Crippen molar-refractivity contribution in [1.82, 2.24) is 4.90 Å². The summed E-state index contributed by atoms with van der Waals surface area (Å²) in [4.78, 5) is 14.2. The van der Waals surface area contributed by atoms with E-state index in [9.17, 15) is 9.90 Å². The van der Waals surface area contributed by atoms with Crippen LogP contribution >= 0.6 is 0 Å². The fourth-order valence-corrected chi connectivity index (χ4v) is 4.03. The van der Waals surface area contributed by atoms with E-state index in [1.807, 2.05) is 0 Å². The molecule has 2 rings (SSSR count). The summed E-state index contributed by atoms with van der Waals surface area (Å²) in [6.45, 7) is 8.15. The molecule has 1 aliphatic carbocycles. The van der Waals surface area contributed by atoms with Crippen molar-refractivity contribution in [3.05, 3.63) is 0 Å². The van der Waals surface area contributed by atoms with E-state index in [-0.39, 0.29) is 5.92 Å². The zero-order chi connectivity index (χ0) is 14.0. The van der Waals surface area contributed by atoms with E-state index in [0.29, 0.717) is 6.04 Å². The molecular weight excluding hydrogens is 238 g/mol. The van der Waals surface area contributed by atoms with E-state index in [4.69, 9.17) is 0 Å². The highest BCUT2D eigenvalue weighted by Gasteiger charge is 2.48. The standard InChI is InChI=1S/C16H29NO2/c1-4-13-6-5-7-14(10-13)17-9-8-16(11-17,12(2)3)15(18)19/h12-14H,4-11H2,1-3H3,(H,18,19). The molecule has 0 spiro atoms. The smallest absolute Gasteiger partial charge is 0.311 e. The Bertz CT molecular complexity index is 329. The molecule has 1 aliphatic heterocycles. The minimum absolute atomic E-state index is 0.223. The van der Waals surface area contributed by atoms with Gasteiger partial charge in [0.25, 0.3) is 0 Å². The summed E-state index contributed by atoms with van der Waals surface area (Å²) < 4.78 is 0. The molecule has 3 nitrogen and oxygen atoms in total. The molecule has 2 aliphatic rings. The van der Waals surface area contributed by atoms with Crippen molar-refractivity contribution in [3.63, 3.8) is 0 Å². The second kappa shape index (κ2) is 5.82. The van der Waals surface area contributed by atoms with Crippen molar-refractivity contribution in [2.24, 2.45) is 17.3 Å².